The Morgan fingerprint density at radius 1 is 1.35 bits per heavy atom. The van der Waals surface area contributed by atoms with Crippen LogP contribution in [0.1, 0.15) is 16.7 Å². The summed E-state index contributed by atoms with van der Waals surface area (Å²) in [6.45, 7) is 1.83. The van der Waals surface area contributed by atoms with Crippen molar-refractivity contribution in [1.29, 1.82) is 5.26 Å². The summed E-state index contributed by atoms with van der Waals surface area (Å²) in [5, 5.41) is 8.82. The molecule has 0 aliphatic carbocycles. The minimum atomic E-state index is -1.45. The second-order valence-electron chi connectivity index (χ2n) is 4.39. The first-order chi connectivity index (χ1) is 9.52. The molecule has 2 N–H and O–H groups in total. The van der Waals surface area contributed by atoms with E-state index in [-0.39, 0.29) is 11.3 Å². The van der Waals surface area contributed by atoms with Crippen molar-refractivity contribution in [3.63, 3.8) is 0 Å². The average Bonchev–Trinajstić information content (AvgIpc) is 2.44. The maximum atomic E-state index is 13.7. The van der Waals surface area contributed by atoms with Crippen molar-refractivity contribution in [2.24, 2.45) is 0 Å². The van der Waals surface area contributed by atoms with Crippen LogP contribution in [0.3, 0.4) is 0 Å². The summed E-state index contributed by atoms with van der Waals surface area (Å²) >= 11 is 0. The van der Waals surface area contributed by atoms with Gasteiger partial charge in [0.2, 0.25) is 0 Å². The number of hydrogen-bond acceptors (Lipinski definition) is 3. The Labute approximate surface area is 119 Å². The summed E-state index contributed by atoms with van der Waals surface area (Å²) in [4.78, 5) is 0.492. The molecule has 0 saturated carbocycles. The molecule has 0 heterocycles. The summed E-state index contributed by atoms with van der Waals surface area (Å²) in [6, 6.07) is 11.2. The summed E-state index contributed by atoms with van der Waals surface area (Å²) in [5.74, 6) is -0.474. The summed E-state index contributed by atoms with van der Waals surface area (Å²) in [7, 11) is -1.45. The quantitative estimate of drug-likeness (QED) is 0.883. The molecular formula is C15H13FN2OS. The lowest BCUT2D eigenvalue weighted by Gasteiger charge is -2.09. The molecule has 0 fully saturated rings. The van der Waals surface area contributed by atoms with Gasteiger partial charge in [-0.05, 0) is 36.8 Å². The Bertz CT molecular complexity index is 722. The monoisotopic (exact) mass is 288 g/mol. The topological polar surface area (TPSA) is 66.9 Å². The molecule has 2 rings (SSSR count). The molecule has 3 nitrogen and oxygen atoms in total. The summed E-state index contributed by atoms with van der Waals surface area (Å²) < 4.78 is 26.0. The number of hydrogen-bond donors (Lipinski definition) is 1. The fourth-order valence-corrected chi connectivity index (χ4v) is 3.12. The van der Waals surface area contributed by atoms with Gasteiger partial charge in [0.1, 0.15) is 5.82 Å². The van der Waals surface area contributed by atoms with Crippen LogP contribution in [-0.4, -0.2) is 4.21 Å². The molecule has 1 unspecified atom stereocenters. The normalized spacial score (nSPS) is 11.8. The highest BCUT2D eigenvalue weighted by molar-refractivity contribution is 7.84. The fourth-order valence-electron chi connectivity index (χ4n) is 1.83. The van der Waals surface area contributed by atoms with Crippen LogP contribution in [0.2, 0.25) is 0 Å². The number of rotatable bonds is 3. The number of para-hydroxylation sites is 1. The number of benzene rings is 2. The van der Waals surface area contributed by atoms with Crippen LogP contribution in [0.4, 0.5) is 10.1 Å². The first-order valence-corrected chi connectivity index (χ1v) is 7.27. The highest BCUT2D eigenvalue weighted by Gasteiger charge is 2.13. The van der Waals surface area contributed by atoms with Gasteiger partial charge in [-0.2, -0.15) is 5.26 Å². The number of nitrogens with zero attached hydrogens (tertiary/aromatic N) is 1. The van der Waals surface area contributed by atoms with Gasteiger partial charge in [-0.25, -0.2) is 4.39 Å². The van der Waals surface area contributed by atoms with Gasteiger partial charge >= 0.3 is 0 Å². The lowest BCUT2D eigenvalue weighted by molar-refractivity contribution is 0.615. The van der Waals surface area contributed by atoms with E-state index < -0.39 is 16.6 Å². The van der Waals surface area contributed by atoms with Crippen molar-refractivity contribution in [3.05, 3.63) is 58.9 Å². The lowest BCUT2D eigenvalue weighted by Crippen LogP contribution is -2.04. The van der Waals surface area contributed by atoms with E-state index in [1.807, 2.05) is 19.1 Å². The van der Waals surface area contributed by atoms with E-state index in [0.29, 0.717) is 16.1 Å². The average molecular weight is 288 g/mol. The van der Waals surface area contributed by atoms with E-state index in [4.69, 9.17) is 11.0 Å². The molecule has 0 radical (unpaired) electrons. The smallest absolute Gasteiger partial charge is 0.127 e. The van der Waals surface area contributed by atoms with Crippen LogP contribution < -0.4 is 5.73 Å². The summed E-state index contributed by atoms with van der Waals surface area (Å²) in [5.41, 5.74) is 7.78. The third-order valence-electron chi connectivity index (χ3n) is 2.99. The van der Waals surface area contributed by atoms with Crippen molar-refractivity contribution >= 4 is 16.5 Å². The molecule has 0 aromatic heterocycles. The first kappa shape index (κ1) is 14.2. The molecule has 20 heavy (non-hydrogen) atoms. The van der Waals surface area contributed by atoms with Crippen LogP contribution in [0, 0.1) is 24.1 Å². The van der Waals surface area contributed by atoms with E-state index >= 15 is 0 Å². The number of nitrogen functional groups attached to an aromatic ring is 1. The van der Waals surface area contributed by atoms with Crippen LogP contribution in [0.15, 0.2) is 41.3 Å². The van der Waals surface area contributed by atoms with Crippen molar-refractivity contribution in [3.8, 4) is 6.07 Å². The zero-order valence-corrected chi connectivity index (χ0v) is 11.7. The predicted octanol–water partition coefficient (Wildman–Crippen LogP) is 2.90. The minimum Gasteiger partial charge on any atom is -0.398 e. The van der Waals surface area contributed by atoms with Gasteiger partial charge in [0.05, 0.1) is 38.8 Å². The van der Waals surface area contributed by atoms with E-state index in [1.54, 1.807) is 12.1 Å². The molecule has 1 atom stereocenters. The number of anilines is 1. The number of aryl methyl sites for hydroxylation is 1. The fraction of sp³-hybridized carbons (Fsp3) is 0.133. The number of nitriles is 1. The third-order valence-corrected chi connectivity index (χ3v) is 4.41. The van der Waals surface area contributed by atoms with Crippen molar-refractivity contribution in [2.75, 3.05) is 5.73 Å². The molecule has 5 heteroatoms. The standard InChI is InChI=1S/C15H13FN2OS/c1-10-3-2-4-14(15(10)18)20(19)9-12-7-11(8-17)5-6-13(12)16/h2-7H,9,18H2,1H3. The zero-order chi connectivity index (χ0) is 14.7. The van der Waals surface area contributed by atoms with Crippen LogP contribution in [-0.2, 0) is 16.6 Å². The molecule has 2 aromatic rings. The largest absolute Gasteiger partial charge is 0.398 e. The molecule has 0 saturated heterocycles. The highest BCUT2D eigenvalue weighted by Crippen LogP contribution is 2.23. The van der Waals surface area contributed by atoms with Gasteiger partial charge in [-0.1, -0.05) is 12.1 Å². The zero-order valence-electron chi connectivity index (χ0n) is 10.9. The second-order valence-corrected chi connectivity index (χ2v) is 5.81. The van der Waals surface area contributed by atoms with Crippen molar-refractivity contribution < 1.29 is 8.60 Å². The molecule has 0 aliphatic rings. The Balaban J connectivity index is 2.33. The summed E-state index contributed by atoms with van der Waals surface area (Å²) in [6.07, 6.45) is 0. The Morgan fingerprint density at radius 3 is 2.80 bits per heavy atom. The van der Waals surface area contributed by atoms with E-state index in [1.165, 1.54) is 18.2 Å². The maximum absolute atomic E-state index is 13.7. The van der Waals surface area contributed by atoms with Crippen LogP contribution in [0.25, 0.3) is 0 Å². The second kappa shape index (κ2) is 5.85. The van der Waals surface area contributed by atoms with Gasteiger partial charge in [0, 0.05) is 5.56 Å². The van der Waals surface area contributed by atoms with E-state index in [0.717, 1.165) is 5.56 Å². The van der Waals surface area contributed by atoms with Gasteiger partial charge in [0.15, 0.2) is 0 Å². The third kappa shape index (κ3) is 2.86. The molecule has 102 valence electrons. The van der Waals surface area contributed by atoms with Crippen molar-refractivity contribution in [1.82, 2.24) is 0 Å². The number of nitrogens with two attached hydrogens (primary N) is 1. The molecule has 0 bridgehead atoms. The van der Waals surface area contributed by atoms with Gasteiger partial charge in [-0.15, -0.1) is 0 Å². The predicted molar refractivity (Wildman–Crippen MR) is 76.8 cm³/mol. The van der Waals surface area contributed by atoms with Gasteiger partial charge < -0.3 is 5.73 Å². The molecule has 2 aromatic carbocycles. The minimum absolute atomic E-state index is 0.00495. The first-order valence-electron chi connectivity index (χ1n) is 5.95. The Kier molecular flexibility index (Phi) is 4.16. The maximum Gasteiger partial charge on any atom is 0.127 e. The molecular weight excluding hydrogens is 275 g/mol. The SMILES string of the molecule is Cc1cccc(S(=O)Cc2cc(C#N)ccc2F)c1N. The van der Waals surface area contributed by atoms with E-state index in [2.05, 4.69) is 0 Å². The Morgan fingerprint density at radius 2 is 2.10 bits per heavy atom. The molecule has 0 amide bonds. The van der Waals surface area contributed by atoms with Crippen LogP contribution in [0.5, 0.6) is 0 Å². The van der Waals surface area contributed by atoms with Gasteiger partial charge in [-0.3, -0.25) is 4.21 Å². The van der Waals surface area contributed by atoms with E-state index in [9.17, 15) is 8.60 Å². The van der Waals surface area contributed by atoms with Crippen LogP contribution >= 0.6 is 0 Å². The highest BCUT2D eigenvalue weighted by atomic mass is 32.2. The van der Waals surface area contributed by atoms with Gasteiger partial charge in [0.25, 0.3) is 0 Å². The number of halogens is 1. The van der Waals surface area contributed by atoms with Crippen molar-refractivity contribution in [2.45, 2.75) is 17.6 Å². The Hall–Kier alpha value is -2.19. The molecule has 0 spiro atoms. The molecule has 0 aliphatic heterocycles. The lowest BCUT2D eigenvalue weighted by atomic mass is 10.1.